The molecule has 0 saturated carbocycles. The molecule has 52 valence electrons. The van der Waals surface area contributed by atoms with E-state index in [2.05, 4.69) is 27.7 Å². The van der Waals surface area contributed by atoms with Crippen LogP contribution in [0.5, 0.6) is 0 Å². The smallest absolute Gasteiger partial charge is 1.00 e. The van der Waals surface area contributed by atoms with Gasteiger partial charge in [-0.3, -0.25) is 0 Å². The molecule has 0 nitrogen and oxygen atoms in total. The molecule has 0 unspecified atom stereocenters. The van der Waals surface area contributed by atoms with E-state index >= 15 is 0 Å². The monoisotopic (exact) mass is 158 g/mol. The predicted octanol–water partition coefficient (Wildman–Crippen LogP) is -0.730. The Labute approximate surface area is 81.4 Å². The van der Waals surface area contributed by atoms with Gasteiger partial charge in [0.2, 0.25) is 0 Å². The van der Waals surface area contributed by atoms with Gasteiger partial charge in [-0.05, 0) is 0 Å². The van der Waals surface area contributed by atoms with Gasteiger partial charge in [-0.25, -0.2) is 0 Å². The summed E-state index contributed by atoms with van der Waals surface area (Å²) in [6, 6.07) is 0. The first-order valence-electron chi connectivity index (χ1n) is 2.92. The fourth-order valence-corrected chi connectivity index (χ4v) is 0.816. The van der Waals surface area contributed by atoms with Gasteiger partial charge in [-0.15, -0.1) is 0 Å². The average molecular weight is 159 g/mol. The Morgan fingerprint density at radius 1 is 1.22 bits per heavy atom. The minimum atomic E-state index is 0. The van der Waals surface area contributed by atoms with Gasteiger partial charge >= 0.3 is 23.1 Å². The van der Waals surface area contributed by atoms with E-state index in [1.165, 1.54) is 12.3 Å². The summed E-state index contributed by atoms with van der Waals surface area (Å²) in [7, 11) is 0. The minimum absolute atomic E-state index is 0. The number of hydrogen-bond acceptors (Lipinski definition) is 0. The molecule has 0 rings (SSSR count). The van der Waals surface area contributed by atoms with Gasteiger partial charge in [0, 0.05) is 0 Å². The summed E-state index contributed by atoms with van der Waals surface area (Å²) in [5.74, 6) is 2.38. The van der Waals surface area contributed by atoms with E-state index in [9.17, 15) is 0 Å². The SMILES string of the molecule is C[C-](C)CC(C)C.[Cl-].[Mg+2]. The Morgan fingerprint density at radius 2 is 1.56 bits per heavy atom. The fraction of sp³-hybridized carbons (Fsp3) is 0.857. The standard InChI is InChI=1S/C7H15.ClH.Mg/c1-6(2)5-7(3)4;;/h6H,5H2,1-4H3;1H;/q-1;;+2/p-1. The molecule has 0 aliphatic heterocycles. The van der Waals surface area contributed by atoms with Crippen molar-refractivity contribution in [3.63, 3.8) is 0 Å². The molecule has 0 aliphatic carbocycles. The average Bonchev–Trinajstić information content (AvgIpc) is 1.27. The van der Waals surface area contributed by atoms with E-state index < -0.39 is 0 Å². The summed E-state index contributed by atoms with van der Waals surface area (Å²) in [5, 5.41) is 0. The molecule has 0 aliphatic rings. The molecule has 0 aromatic heterocycles. The Kier molecular flexibility index (Phi) is 16.7. The molecule has 0 bridgehead atoms. The van der Waals surface area contributed by atoms with Crippen molar-refractivity contribution in [2.24, 2.45) is 5.92 Å². The second-order valence-electron chi connectivity index (χ2n) is 2.81. The van der Waals surface area contributed by atoms with Crippen molar-refractivity contribution in [1.82, 2.24) is 0 Å². The predicted molar refractivity (Wildman–Crippen MR) is 39.8 cm³/mol. The first kappa shape index (κ1) is 16.6. The van der Waals surface area contributed by atoms with Gasteiger partial charge in [0.15, 0.2) is 0 Å². The van der Waals surface area contributed by atoms with Crippen molar-refractivity contribution in [2.75, 3.05) is 0 Å². The van der Waals surface area contributed by atoms with E-state index in [-0.39, 0.29) is 35.5 Å². The van der Waals surface area contributed by atoms with Crippen LogP contribution in [0, 0.1) is 11.8 Å². The van der Waals surface area contributed by atoms with E-state index in [0.29, 0.717) is 0 Å². The molecule has 0 atom stereocenters. The Hall–Kier alpha value is 1.06. The second kappa shape index (κ2) is 9.06. The number of rotatable bonds is 2. The summed E-state index contributed by atoms with van der Waals surface area (Å²) >= 11 is 0. The van der Waals surface area contributed by atoms with Crippen molar-refractivity contribution in [3.05, 3.63) is 5.92 Å². The fourth-order valence-electron chi connectivity index (χ4n) is 0.816. The molecular weight excluding hydrogens is 144 g/mol. The zero-order valence-electron chi connectivity index (χ0n) is 6.87. The number of hydrogen-bond donors (Lipinski definition) is 0. The quantitative estimate of drug-likeness (QED) is 0.368. The van der Waals surface area contributed by atoms with Gasteiger partial charge in [-0.2, -0.15) is 20.3 Å². The van der Waals surface area contributed by atoms with Gasteiger partial charge < -0.3 is 18.3 Å². The van der Waals surface area contributed by atoms with Crippen LogP contribution < -0.4 is 12.4 Å². The van der Waals surface area contributed by atoms with E-state index in [1.54, 1.807) is 0 Å². The first-order chi connectivity index (χ1) is 3.13. The van der Waals surface area contributed by atoms with Crippen LogP contribution in [0.2, 0.25) is 0 Å². The summed E-state index contributed by atoms with van der Waals surface area (Å²) in [6.45, 7) is 8.85. The molecule has 0 radical (unpaired) electrons. The van der Waals surface area contributed by atoms with E-state index in [4.69, 9.17) is 0 Å². The summed E-state index contributed by atoms with van der Waals surface area (Å²) < 4.78 is 0. The molecule has 0 aromatic rings. The summed E-state index contributed by atoms with van der Waals surface area (Å²) in [5.41, 5.74) is 0. The number of halogens is 1. The Morgan fingerprint density at radius 3 is 1.56 bits per heavy atom. The first-order valence-corrected chi connectivity index (χ1v) is 2.92. The maximum atomic E-state index is 2.24. The molecule has 9 heavy (non-hydrogen) atoms. The zero-order chi connectivity index (χ0) is 5.86. The zero-order valence-corrected chi connectivity index (χ0v) is 9.04. The van der Waals surface area contributed by atoms with Crippen molar-refractivity contribution in [3.8, 4) is 0 Å². The van der Waals surface area contributed by atoms with Crippen LogP contribution in [-0.4, -0.2) is 23.1 Å². The van der Waals surface area contributed by atoms with Crippen molar-refractivity contribution in [1.29, 1.82) is 0 Å². The molecular formula is C7H15ClMg. The van der Waals surface area contributed by atoms with Gasteiger partial charge in [-0.1, -0.05) is 19.8 Å². The summed E-state index contributed by atoms with van der Waals surface area (Å²) in [4.78, 5) is 0. The molecule has 2 heteroatoms. The third-order valence-corrected chi connectivity index (χ3v) is 0.816. The van der Waals surface area contributed by atoms with Crippen LogP contribution in [-0.2, 0) is 0 Å². The Balaban J connectivity index is -0.000000180. The third kappa shape index (κ3) is 17.6. The molecule has 0 heterocycles. The van der Waals surface area contributed by atoms with Crippen LogP contribution in [0.3, 0.4) is 0 Å². The third-order valence-electron chi connectivity index (χ3n) is 0.816. The molecule has 0 spiro atoms. The topological polar surface area (TPSA) is 0 Å². The largest absolute Gasteiger partial charge is 2.00 e. The van der Waals surface area contributed by atoms with E-state index in [1.807, 2.05) is 0 Å². The molecule has 0 saturated heterocycles. The van der Waals surface area contributed by atoms with Crippen LogP contribution in [0.1, 0.15) is 34.1 Å². The van der Waals surface area contributed by atoms with Gasteiger partial charge in [0.05, 0.1) is 0 Å². The van der Waals surface area contributed by atoms with Gasteiger partial charge in [0.25, 0.3) is 0 Å². The molecule has 0 fully saturated rings. The van der Waals surface area contributed by atoms with Crippen LogP contribution >= 0.6 is 0 Å². The normalized spacial score (nSPS) is 8.67. The Bertz CT molecular complexity index is 38.2. The van der Waals surface area contributed by atoms with Crippen LogP contribution in [0.25, 0.3) is 0 Å². The van der Waals surface area contributed by atoms with Gasteiger partial charge in [0.1, 0.15) is 0 Å². The van der Waals surface area contributed by atoms with Crippen molar-refractivity contribution < 1.29 is 12.4 Å². The van der Waals surface area contributed by atoms with Crippen LogP contribution in [0.4, 0.5) is 0 Å². The minimum Gasteiger partial charge on any atom is -1.00 e. The molecule has 0 aromatic carbocycles. The summed E-state index contributed by atoms with van der Waals surface area (Å²) in [6.07, 6.45) is 1.28. The molecule has 0 amide bonds. The van der Waals surface area contributed by atoms with Crippen LogP contribution in [0.15, 0.2) is 0 Å². The van der Waals surface area contributed by atoms with Crippen molar-refractivity contribution >= 4 is 23.1 Å². The van der Waals surface area contributed by atoms with Crippen molar-refractivity contribution in [2.45, 2.75) is 34.1 Å². The maximum absolute atomic E-state index is 2.24. The maximum Gasteiger partial charge on any atom is 2.00 e. The second-order valence-corrected chi connectivity index (χ2v) is 2.81. The molecule has 0 N–H and O–H groups in total. The van der Waals surface area contributed by atoms with E-state index in [0.717, 1.165) is 5.92 Å².